The Labute approximate surface area is 177 Å². The van der Waals surface area contributed by atoms with Crippen molar-refractivity contribution in [3.05, 3.63) is 101 Å². The molecule has 29 heavy (non-hydrogen) atoms. The molecule has 1 N–H and O–H groups in total. The lowest BCUT2D eigenvalue weighted by Gasteiger charge is -2.15. The Morgan fingerprint density at radius 2 is 1.79 bits per heavy atom. The van der Waals surface area contributed by atoms with Gasteiger partial charge in [-0.1, -0.05) is 52.3 Å². The Kier molecular flexibility index (Phi) is 5.53. The molecule has 1 unspecified atom stereocenters. The van der Waals surface area contributed by atoms with Crippen molar-refractivity contribution in [1.82, 2.24) is 20.1 Å². The van der Waals surface area contributed by atoms with Gasteiger partial charge in [-0.05, 0) is 42.8 Å². The van der Waals surface area contributed by atoms with Crippen molar-refractivity contribution in [2.75, 3.05) is 0 Å². The van der Waals surface area contributed by atoms with Crippen LogP contribution in [0.25, 0.3) is 16.9 Å². The minimum Gasteiger partial charge on any atom is -0.345 e. The van der Waals surface area contributed by atoms with Crippen LogP contribution < -0.4 is 5.32 Å². The minimum atomic E-state index is -0.186. The van der Waals surface area contributed by atoms with Gasteiger partial charge in [-0.3, -0.25) is 9.78 Å². The molecular weight excluding hydrogens is 428 g/mol. The van der Waals surface area contributed by atoms with Crippen LogP contribution in [0.4, 0.5) is 0 Å². The largest absolute Gasteiger partial charge is 0.345 e. The molecule has 4 aromatic rings. The summed E-state index contributed by atoms with van der Waals surface area (Å²) in [6.07, 6.45) is 5.18. The van der Waals surface area contributed by atoms with Gasteiger partial charge in [-0.25, -0.2) is 4.68 Å². The van der Waals surface area contributed by atoms with E-state index in [4.69, 9.17) is 0 Å². The molecule has 1 amide bonds. The first-order valence-corrected chi connectivity index (χ1v) is 10.0. The second kappa shape index (κ2) is 8.41. The van der Waals surface area contributed by atoms with Crippen LogP contribution in [-0.2, 0) is 0 Å². The van der Waals surface area contributed by atoms with Crippen LogP contribution in [0.1, 0.15) is 28.9 Å². The Balaban J connectivity index is 1.71. The monoisotopic (exact) mass is 446 g/mol. The fraction of sp³-hybridized carbons (Fsp3) is 0.0870. The summed E-state index contributed by atoms with van der Waals surface area (Å²) in [7, 11) is 0. The highest BCUT2D eigenvalue weighted by Crippen LogP contribution is 2.26. The summed E-state index contributed by atoms with van der Waals surface area (Å²) < 4.78 is 2.68. The first-order chi connectivity index (χ1) is 14.1. The first-order valence-electron chi connectivity index (χ1n) is 9.24. The highest BCUT2D eigenvalue weighted by atomic mass is 79.9. The van der Waals surface area contributed by atoms with Crippen molar-refractivity contribution in [3.63, 3.8) is 0 Å². The topological polar surface area (TPSA) is 59.8 Å². The molecule has 5 nitrogen and oxygen atoms in total. The molecule has 0 fully saturated rings. The van der Waals surface area contributed by atoms with Crippen LogP contribution in [0.2, 0.25) is 0 Å². The van der Waals surface area contributed by atoms with Gasteiger partial charge >= 0.3 is 0 Å². The molecule has 0 aliphatic carbocycles. The molecule has 4 rings (SSSR count). The number of halogens is 1. The van der Waals surface area contributed by atoms with E-state index in [1.54, 1.807) is 23.3 Å². The number of amides is 1. The fourth-order valence-corrected chi connectivity index (χ4v) is 3.78. The highest BCUT2D eigenvalue weighted by Gasteiger charge is 2.21. The maximum atomic E-state index is 13.2. The number of nitrogens with zero attached hydrogens (tertiary/aromatic N) is 3. The standard InChI is InChI=1S/C23H19BrN4O/c1-16(19-11-5-6-12-21(19)24)26-23(29)20-15-28(18-9-3-2-4-10-18)27-22(20)17-8-7-13-25-14-17/h2-16H,1H3,(H,26,29). The van der Waals surface area contributed by atoms with E-state index in [2.05, 4.69) is 31.3 Å². The lowest BCUT2D eigenvalue weighted by molar-refractivity contribution is 0.0940. The van der Waals surface area contributed by atoms with Crippen LogP contribution in [0, 0.1) is 0 Å². The van der Waals surface area contributed by atoms with Crippen molar-refractivity contribution in [3.8, 4) is 16.9 Å². The molecule has 0 aliphatic heterocycles. The van der Waals surface area contributed by atoms with E-state index in [0.29, 0.717) is 11.3 Å². The second-order valence-corrected chi connectivity index (χ2v) is 7.48. The van der Waals surface area contributed by atoms with Gasteiger partial charge in [0, 0.05) is 28.6 Å². The Hall–Kier alpha value is -3.25. The summed E-state index contributed by atoms with van der Waals surface area (Å²) in [5.74, 6) is -0.186. The van der Waals surface area contributed by atoms with Gasteiger partial charge in [0.05, 0.1) is 17.3 Å². The quantitative estimate of drug-likeness (QED) is 0.458. The predicted octanol–water partition coefficient (Wildman–Crippen LogP) is 5.19. The van der Waals surface area contributed by atoms with Crippen molar-refractivity contribution in [2.45, 2.75) is 13.0 Å². The number of benzene rings is 2. The number of nitrogens with one attached hydrogen (secondary N) is 1. The third-order valence-electron chi connectivity index (χ3n) is 4.63. The fourth-order valence-electron chi connectivity index (χ4n) is 3.15. The van der Waals surface area contributed by atoms with Gasteiger partial charge < -0.3 is 5.32 Å². The van der Waals surface area contributed by atoms with Crippen LogP contribution in [0.15, 0.2) is 89.8 Å². The normalized spacial score (nSPS) is 11.8. The number of hydrogen-bond donors (Lipinski definition) is 1. The molecule has 0 radical (unpaired) electrons. The zero-order valence-electron chi connectivity index (χ0n) is 15.8. The van der Waals surface area contributed by atoms with Crippen molar-refractivity contribution < 1.29 is 4.79 Å². The lowest BCUT2D eigenvalue weighted by Crippen LogP contribution is -2.27. The van der Waals surface area contributed by atoms with Crippen LogP contribution >= 0.6 is 15.9 Å². The van der Waals surface area contributed by atoms with Crippen LogP contribution in [0.5, 0.6) is 0 Å². The number of aromatic nitrogens is 3. The average Bonchev–Trinajstić information content (AvgIpc) is 3.21. The van der Waals surface area contributed by atoms with Gasteiger partial charge in [0.25, 0.3) is 5.91 Å². The zero-order chi connectivity index (χ0) is 20.2. The third kappa shape index (κ3) is 4.12. The molecule has 0 bridgehead atoms. The van der Waals surface area contributed by atoms with Crippen LogP contribution in [-0.4, -0.2) is 20.7 Å². The average molecular weight is 447 g/mol. The number of carbonyl (C=O) groups is 1. The van der Waals surface area contributed by atoms with Crippen molar-refractivity contribution in [2.24, 2.45) is 0 Å². The SMILES string of the molecule is CC(NC(=O)c1cn(-c2ccccc2)nc1-c1cccnc1)c1ccccc1Br. The summed E-state index contributed by atoms with van der Waals surface area (Å²) in [4.78, 5) is 17.4. The first kappa shape index (κ1) is 19.1. The van der Waals surface area contributed by atoms with Gasteiger partial charge in [-0.2, -0.15) is 5.10 Å². The molecular formula is C23H19BrN4O. The van der Waals surface area contributed by atoms with Gasteiger partial charge in [0.1, 0.15) is 5.69 Å². The van der Waals surface area contributed by atoms with E-state index in [-0.39, 0.29) is 11.9 Å². The lowest BCUT2D eigenvalue weighted by atomic mass is 10.1. The summed E-state index contributed by atoms with van der Waals surface area (Å²) in [6.45, 7) is 1.96. The van der Waals surface area contributed by atoms with E-state index in [9.17, 15) is 4.79 Å². The molecule has 2 aromatic heterocycles. The summed E-state index contributed by atoms with van der Waals surface area (Å²) in [5, 5.41) is 7.76. The van der Waals surface area contributed by atoms with Gasteiger partial charge in [0.2, 0.25) is 0 Å². The second-order valence-electron chi connectivity index (χ2n) is 6.63. The zero-order valence-corrected chi connectivity index (χ0v) is 17.4. The number of hydrogen-bond acceptors (Lipinski definition) is 3. The van der Waals surface area contributed by atoms with E-state index >= 15 is 0 Å². The molecule has 0 spiro atoms. The number of rotatable bonds is 5. The Bertz CT molecular complexity index is 1130. The summed E-state index contributed by atoms with van der Waals surface area (Å²) in [5.41, 5.74) is 3.79. The molecule has 0 saturated carbocycles. The predicted molar refractivity (Wildman–Crippen MR) is 117 cm³/mol. The molecule has 2 aromatic carbocycles. The van der Waals surface area contributed by atoms with E-state index in [1.807, 2.05) is 73.7 Å². The Morgan fingerprint density at radius 3 is 2.52 bits per heavy atom. The number of pyridine rings is 1. The summed E-state index contributed by atoms with van der Waals surface area (Å²) >= 11 is 3.55. The van der Waals surface area contributed by atoms with Crippen molar-refractivity contribution in [1.29, 1.82) is 0 Å². The third-order valence-corrected chi connectivity index (χ3v) is 5.36. The Morgan fingerprint density at radius 1 is 1.03 bits per heavy atom. The highest BCUT2D eigenvalue weighted by molar-refractivity contribution is 9.10. The van der Waals surface area contributed by atoms with E-state index < -0.39 is 0 Å². The van der Waals surface area contributed by atoms with Crippen LogP contribution in [0.3, 0.4) is 0 Å². The summed E-state index contributed by atoms with van der Waals surface area (Å²) in [6, 6.07) is 21.2. The maximum Gasteiger partial charge on any atom is 0.255 e. The molecule has 2 heterocycles. The maximum absolute atomic E-state index is 13.2. The smallest absolute Gasteiger partial charge is 0.255 e. The minimum absolute atomic E-state index is 0.167. The van der Waals surface area contributed by atoms with Gasteiger partial charge in [0.15, 0.2) is 0 Å². The van der Waals surface area contributed by atoms with Crippen molar-refractivity contribution >= 4 is 21.8 Å². The number of carbonyl (C=O) groups excluding carboxylic acids is 1. The molecule has 0 saturated heterocycles. The number of para-hydroxylation sites is 1. The van der Waals surface area contributed by atoms with Gasteiger partial charge in [-0.15, -0.1) is 0 Å². The molecule has 144 valence electrons. The molecule has 1 atom stereocenters. The van der Waals surface area contributed by atoms with E-state index in [0.717, 1.165) is 21.3 Å². The molecule has 0 aliphatic rings. The molecule has 6 heteroatoms. The van der Waals surface area contributed by atoms with E-state index in [1.165, 1.54) is 0 Å².